The van der Waals surface area contributed by atoms with Crippen LogP contribution in [0.4, 0.5) is 0 Å². The van der Waals surface area contributed by atoms with E-state index in [9.17, 15) is 4.79 Å². The first-order valence-electron chi connectivity index (χ1n) is 13.6. The van der Waals surface area contributed by atoms with Gasteiger partial charge in [0.1, 0.15) is 0 Å². The minimum atomic E-state index is -0.838. The standard InChI is InChI=1S/C30H52O2/c1-2-3-4-5-6-7-8-9-10-11-12-13-14-15-16-17-18-19-20-21-22-23-24-25-26-27-28-29-30(31)32/h9-10,12-13,15-16,28-29H,2-8,11,14,17-27H2,1H3,(H,31,32). The number of rotatable bonds is 24. The summed E-state index contributed by atoms with van der Waals surface area (Å²) in [7, 11) is 0. The predicted molar refractivity (Wildman–Crippen MR) is 142 cm³/mol. The van der Waals surface area contributed by atoms with Gasteiger partial charge in [-0.1, -0.05) is 127 Å². The second-order valence-electron chi connectivity index (χ2n) is 8.94. The third-order valence-electron chi connectivity index (χ3n) is 5.77. The first-order valence-corrected chi connectivity index (χ1v) is 13.6. The Balaban J connectivity index is 3.25. The first-order chi connectivity index (χ1) is 15.8. The Labute approximate surface area is 200 Å². The van der Waals surface area contributed by atoms with Crippen LogP contribution in [0.1, 0.15) is 135 Å². The van der Waals surface area contributed by atoms with Crippen LogP contribution < -0.4 is 0 Å². The summed E-state index contributed by atoms with van der Waals surface area (Å²) in [5.41, 5.74) is 0. The van der Waals surface area contributed by atoms with Gasteiger partial charge in [-0.25, -0.2) is 4.79 Å². The Morgan fingerprint density at radius 2 is 0.844 bits per heavy atom. The van der Waals surface area contributed by atoms with Gasteiger partial charge in [0, 0.05) is 6.08 Å². The van der Waals surface area contributed by atoms with Gasteiger partial charge in [0.25, 0.3) is 0 Å². The maximum atomic E-state index is 10.3. The van der Waals surface area contributed by atoms with Crippen LogP contribution in [-0.4, -0.2) is 11.1 Å². The van der Waals surface area contributed by atoms with E-state index in [-0.39, 0.29) is 0 Å². The molecule has 0 aromatic heterocycles. The van der Waals surface area contributed by atoms with Crippen LogP contribution in [0.5, 0.6) is 0 Å². The van der Waals surface area contributed by atoms with E-state index in [4.69, 9.17) is 5.11 Å². The Morgan fingerprint density at radius 1 is 0.500 bits per heavy atom. The zero-order valence-electron chi connectivity index (χ0n) is 21.1. The van der Waals surface area contributed by atoms with E-state index >= 15 is 0 Å². The van der Waals surface area contributed by atoms with Crippen molar-refractivity contribution in [3.63, 3.8) is 0 Å². The van der Waals surface area contributed by atoms with Crippen LogP contribution in [-0.2, 0) is 4.79 Å². The van der Waals surface area contributed by atoms with E-state index in [0.717, 1.165) is 25.7 Å². The predicted octanol–water partition coefficient (Wildman–Crippen LogP) is 10.1. The number of allylic oxidation sites excluding steroid dienone is 7. The van der Waals surface area contributed by atoms with Crippen molar-refractivity contribution in [1.82, 2.24) is 0 Å². The highest BCUT2D eigenvalue weighted by Gasteiger charge is 1.93. The van der Waals surface area contributed by atoms with Crippen molar-refractivity contribution < 1.29 is 9.90 Å². The number of carboxylic acids is 1. The molecule has 0 aromatic carbocycles. The molecule has 0 atom stereocenters. The molecule has 0 aliphatic heterocycles. The third-order valence-corrected chi connectivity index (χ3v) is 5.77. The molecule has 0 unspecified atom stereocenters. The average Bonchev–Trinajstić information content (AvgIpc) is 2.78. The molecule has 2 nitrogen and oxygen atoms in total. The molecule has 0 saturated carbocycles. The van der Waals surface area contributed by atoms with Crippen molar-refractivity contribution in [2.75, 3.05) is 0 Å². The van der Waals surface area contributed by atoms with Crippen molar-refractivity contribution in [3.8, 4) is 0 Å². The summed E-state index contributed by atoms with van der Waals surface area (Å²) in [5, 5.41) is 8.51. The lowest BCUT2D eigenvalue weighted by Gasteiger charge is -2.01. The third kappa shape index (κ3) is 28.4. The molecule has 0 rings (SSSR count). The number of aliphatic carboxylic acids is 1. The lowest BCUT2D eigenvalue weighted by molar-refractivity contribution is -0.131. The van der Waals surface area contributed by atoms with Crippen LogP contribution in [0.2, 0.25) is 0 Å². The van der Waals surface area contributed by atoms with Crippen LogP contribution in [0.3, 0.4) is 0 Å². The highest BCUT2D eigenvalue weighted by Crippen LogP contribution is 2.12. The summed E-state index contributed by atoms with van der Waals surface area (Å²) in [5.74, 6) is -0.838. The Kier molecular flexibility index (Phi) is 26.1. The molecule has 0 aromatic rings. The van der Waals surface area contributed by atoms with Gasteiger partial charge in [0.05, 0.1) is 0 Å². The van der Waals surface area contributed by atoms with E-state index < -0.39 is 5.97 Å². The van der Waals surface area contributed by atoms with Gasteiger partial charge in [-0.15, -0.1) is 0 Å². The maximum absolute atomic E-state index is 10.3. The summed E-state index contributed by atoms with van der Waals surface area (Å²) in [6.45, 7) is 2.27. The van der Waals surface area contributed by atoms with Crippen molar-refractivity contribution in [3.05, 3.63) is 48.6 Å². The van der Waals surface area contributed by atoms with Gasteiger partial charge in [0.15, 0.2) is 0 Å². The summed E-state index contributed by atoms with van der Waals surface area (Å²) >= 11 is 0. The summed E-state index contributed by atoms with van der Waals surface area (Å²) < 4.78 is 0. The largest absolute Gasteiger partial charge is 0.478 e. The van der Waals surface area contributed by atoms with E-state index in [0.29, 0.717) is 0 Å². The monoisotopic (exact) mass is 444 g/mol. The lowest BCUT2D eigenvalue weighted by Crippen LogP contribution is -1.85. The highest BCUT2D eigenvalue weighted by molar-refractivity contribution is 5.79. The molecular formula is C30H52O2. The summed E-state index contributed by atoms with van der Waals surface area (Å²) in [6, 6.07) is 0. The fourth-order valence-corrected chi connectivity index (χ4v) is 3.77. The fraction of sp³-hybridized carbons (Fsp3) is 0.700. The van der Waals surface area contributed by atoms with Crippen LogP contribution >= 0.6 is 0 Å². The fourth-order valence-electron chi connectivity index (χ4n) is 3.77. The van der Waals surface area contributed by atoms with Crippen LogP contribution in [0.15, 0.2) is 48.6 Å². The molecule has 0 saturated heterocycles. The van der Waals surface area contributed by atoms with Gasteiger partial charge >= 0.3 is 5.97 Å². The molecule has 1 N–H and O–H groups in total. The second-order valence-corrected chi connectivity index (χ2v) is 8.94. The molecule has 0 heterocycles. The van der Waals surface area contributed by atoms with E-state index in [1.807, 2.05) is 0 Å². The smallest absolute Gasteiger partial charge is 0.327 e. The van der Waals surface area contributed by atoms with Crippen molar-refractivity contribution in [2.45, 2.75) is 135 Å². The molecule has 0 spiro atoms. The Hall–Kier alpha value is -1.57. The topological polar surface area (TPSA) is 37.3 Å². The number of unbranched alkanes of at least 4 members (excludes halogenated alkanes) is 16. The van der Waals surface area contributed by atoms with E-state index in [2.05, 4.69) is 43.4 Å². The number of hydrogen-bond donors (Lipinski definition) is 1. The second kappa shape index (κ2) is 27.5. The molecule has 32 heavy (non-hydrogen) atoms. The first kappa shape index (κ1) is 30.4. The van der Waals surface area contributed by atoms with Gasteiger partial charge in [-0.3, -0.25) is 0 Å². The molecule has 2 heteroatoms. The normalized spacial score (nSPS) is 12.3. The molecule has 0 amide bonds. The van der Waals surface area contributed by atoms with Gasteiger partial charge < -0.3 is 5.11 Å². The Bertz CT molecular complexity index is 499. The van der Waals surface area contributed by atoms with Gasteiger partial charge in [-0.2, -0.15) is 0 Å². The van der Waals surface area contributed by atoms with Crippen molar-refractivity contribution in [1.29, 1.82) is 0 Å². The quantitative estimate of drug-likeness (QED) is 0.0913. The summed E-state index contributed by atoms with van der Waals surface area (Å²) in [4.78, 5) is 10.3. The number of hydrogen-bond acceptors (Lipinski definition) is 1. The molecule has 0 aliphatic rings. The minimum absolute atomic E-state index is 0.838. The molecule has 0 aliphatic carbocycles. The molecule has 0 fully saturated rings. The molecule has 0 radical (unpaired) electrons. The summed E-state index contributed by atoms with van der Waals surface area (Å²) in [6.07, 6.45) is 42.4. The van der Waals surface area contributed by atoms with Crippen LogP contribution in [0, 0.1) is 0 Å². The van der Waals surface area contributed by atoms with Crippen LogP contribution in [0.25, 0.3) is 0 Å². The molecular weight excluding hydrogens is 392 g/mol. The Morgan fingerprint density at radius 3 is 1.25 bits per heavy atom. The molecule has 0 bridgehead atoms. The van der Waals surface area contributed by atoms with Gasteiger partial charge in [-0.05, 0) is 51.4 Å². The molecule has 184 valence electrons. The number of carboxylic acid groups (broad SMARTS) is 1. The average molecular weight is 445 g/mol. The van der Waals surface area contributed by atoms with Crippen molar-refractivity contribution >= 4 is 5.97 Å². The SMILES string of the molecule is CCCCCCCCC=CCC=CCC=CCCCCCCCCCCCC=CC(=O)O. The lowest BCUT2D eigenvalue weighted by atomic mass is 10.1. The highest BCUT2D eigenvalue weighted by atomic mass is 16.4. The minimum Gasteiger partial charge on any atom is -0.478 e. The van der Waals surface area contributed by atoms with Crippen molar-refractivity contribution in [2.24, 2.45) is 0 Å². The maximum Gasteiger partial charge on any atom is 0.327 e. The van der Waals surface area contributed by atoms with E-state index in [1.54, 1.807) is 6.08 Å². The zero-order chi connectivity index (χ0) is 23.4. The number of carbonyl (C=O) groups is 1. The van der Waals surface area contributed by atoms with E-state index in [1.165, 1.54) is 109 Å². The zero-order valence-corrected chi connectivity index (χ0v) is 21.1. The van der Waals surface area contributed by atoms with Gasteiger partial charge in [0.2, 0.25) is 0 Å².